The summed E-state index contributed by atoms with van der Waals surface area (Å²) >= 11 is 0. The molecule has 0 spiro atoms. The number of carbonyl (C=O) groups is 5. The molecule has 0 bridgehead atoms. The molecule has 1 aliphatic carbocycles. The summed E-state index contributed by atoms with van der Waals surface area (Å²) in [6, 6.07) is 13.3. The minimum Gasteiger partial charge on any atom is -0.477 e. The van der Waals surface area contributed by atoms with Gasteiger partial charge in [0, 0.05) is 29.5 Å². The summed E-state index contributed by atoms with van der Waals surface area (Å²) in [6.07, 6.45) is 6.33. The van der Waals surface area contributed by atoms with E-state index in [1.165, 1.54) is 17.9 Å². The smallest absolute Gasteiger partial charge is 0.352 e. The standard InChI is InChI=1S/C33H39N5O6/c1-21(39)34-26(31(42)43)18-22-11-10-14-24(17-22)35-29(41)20-38-32(44)37(19-28(40)33(2,3)4)27-16-9-8-15-25(27)30(36-38)23-12-6-5-7-13-23/h8-11,14-18,23H,5-7,12-13,19-20H2,1-4H3,(H,34,39)(H,35,41)(H,42,43). The van der Waals surface area contributed by atoms with Crippen LogP contribution in [-0.2, 0) is 19.2 Å². The molecule has 0 atom stereocenters. The fraction of sp³-hybridized carbons (Fsp3) is 0.394. The van der Waals surface area contributed by atoms with Gasteiger partial charge in [0.15, 0.2) is 5.78 Å². The van der Waals surface area contributed by atoms with Crippen molar-refractivity contribution in [2.75, 3.05) is 23.3 Å². The molecule has 1 saturated carbocycles. The Labute approximate surface area is 257 Å². The van der Waals surface area contributed by atoms with Gasteiger partial charge in [-0.2, -0.15) is 5.10 Å². The number of hydrogen-bond donors (Lipinski definition) is 3. The highest BCUT2D eigenvalue weighted by Gasteiger charge is 2.36. The molecular weight excluding hydrogens is 562 g/mol. The number of urea groups is 1. The molecule has 0 radical (unpaired) electrons. The second kappa shape index (κ2) is 13.7. The lowest BCUT2D eigenvalue weighted by atomic mass is 9.83. The highest BCUT2D eigenvalue weighted by Crippen LogP contribution is 2.34. The highest BCUT2D eigenvalue weighted by atomic mass is 16.4. The zero-order valence-corrected chi connectivity index (χ0v) is 25.6. The van der Waals surface area contributed by atoms with E-state index in [0.29, 0.717) is 16.9 Å². The largest absolute Gasteiger partial charge is 0.477 e. The van der Waals surface area contributed by atoms with Gasteiger partial charge >= 0.3 is 12.0 Å². The monoisotopic (exact) mass is 601 g/mol. The first-order valence-electron chi connectivity index (χ1n) is 14.8. The van der Waals surface area contributed by atoms with Gasteiger partial charge in [0.25, 0.3) is 0 Å². The molecule has 2 aromatic rings. The van der Waals surface area contributed by atoms with Gasteiger partial charge in [0.2, 0.25) is 11.8 Å². The van der Waals surface area contributed by atoms with Crippen molar-refractivity contribution < 1.29 is 29.1 Å². The van der Waals surface area contributed by atoms with Crippen molar-refractivity contribution in [3.8, 4) is 0 Å². The van der Waals surface area contributed by atoms with Crippen LogP contribution in [0.25, 0.3) is 6.08 Å². The van der Waals surface area contributed by atoms with E-state index in [-0.39, 0.29) is 23.9 Å². The van der Waals surface area contributed by atoms with Gasteiger partial charge in [-0.1, -0.05) is 70.4 Å². The Morgan fingerprint density at radius 1 is 1.00 bits per heavy atom. The van der Waals surface area contributed by atoms with Gasteiger partial charge in [0.1, 0.15) is 12.2 Å². The molecule has 11 heteroatoms. The number of benzene rings is 2. The third-order valence-corrected chi connectivity index (χ3v) is 7.60. The van der Waals surface area contributed by atoms with E-state index in [1.807, 2.05) is 24.3 Å². The number of carboxylic acids is 1. The van der Waals surface area contributed by atoms with E-state index < -0.39 is 35.8 Å². The Morgan fingerprint density at radius 3 is 2.36 bits per heavy atom. The molecule has 0 saturated heterocycles. The fourth-order valence-electron chi connectivity index (χ4n) is 5.26. The summed E-state index contributed by atoms with van der Waals surface area (Å²) in [4.78, 5) is 64.9. The lowest BCUT2D eigenvalue weighted by molar-refractivity contribution is -0.134. The summed E-state index contributed by atoms with van der Waals surface area (Å²) < 4.78 is 0. The minimum absolute atomic E-state index is 0.108. The van der Waals surface area contributed by atoms with E-state index in [2.05, 4.69) is 10.6 Å². The average Bonchev–Trinajstić information content (AvgIpc) is 3.07. The number of para-hydroxylation sites is 1. The Hall–Kier alpha value is -4.80. The summed E-state index contributed by atoms with van der Waals surface area (Å²) in [5, 5.41) is 20.4. The number of nitrogens with one attached hydrogen (secondary N) is 2. The topological polar surface area (TPSA) is 148 Å². The molecule has 0 unspecified atom stereocenters. The zero-order valence-electron chi connectivity index (χ0n) is 25.6. The van der Waals surface area contributed by atoms with E-state index in [1.54, 1.807) is 45.0 Å². The number of anilines is 2. The minimum atomic E-state index is -1.31. The van der Waals surface area contributed by atoms with Crippen molar-refractivity contribution in [1.82, 2.24) is 10.3 Å². The molecule has 4 amide bonds. The number of amides is 4. The summed E-state index contributed by atoms with van der Waals surface area (Å²) in [7, 11) is 0. The van der Waals surface area contributed by atoms with Crippen molar-refractivity contribution in [3.05, 3.63) is 65.4 Å². The average molecular weight is 602 g/mol. The van der Waals surface area contributed by atoms with Crippen molar-refractivity contribution in [2.45, 2.75) is 59.8 Å². The van der Waals surface area contributed by atoms with Gasteiger partial charge in [-0.3, -0.25) is 19.3 Å². The van der Waals surface area contributed by atoms with Crippen LogP contribution in [0.4, 0.5) is 16.2 Å². The molecule has 2 aliphatic rings. The van der Waals surface area contributed by atoms with Gasteiger partial charge in [-0.25, -0.2) is 14.6 Å². The van der Waals surface area contributed by atoms with E-state index in [0.717, 1.165) is 48.4 Å². The number of hydrogen-bond acceptors (Lipinski definition) is 6. The molecule has 2 aromatic carbocycles. The fourth-order valence-corrected chi connectivity index (χ4v) is 5.26. The van der Waals surface area contributed by atoms with Gasteiger partial charge in [-0.15, -0.1) is 0 Å². The van der Waals surface area contributed by atoms with Crippen LogP contribution in [0, 0.1) is 11.3 Å². The van der Waals surface area contributed by atoms with Gasteiger partial charge in [0.05, 0.1) is 17.9 Å². The van der Waals surface area contributed by atoms with Crippen LogP contribution in [-0.4, -0.2) is 58.5 Å². The van der Waals surface area contributed by atoms with Crippen LogP contribution in [0.5, 0.6) is 0 Å². The van der Waals surface area contributed by atoms with Crippen molar-refractivity contribution in [3.63, 3.8) is 0 Å². The SMILES string of the molecule is CC(=O)NC(=Cc1cccc(NC(=O)CN2N=C(C3CCCCC3)c3ccccc3N(CC(=O)C(C)(C)C)C2=O)c1)C(=O)O. The zero-order chi connectivity index (χ0) is 32.0. The quantitative estimate of drug-likeness (QED) is 0.344. The molecule has 1 aliphatic heterocycles. The van der Waals surface area contributed by atoms with Crippen molar-refractivity contribution in [1.29, 1.82) is 0 Å². The number of rotatable bonds is 9. The maximum atomic E-state index is 14.0. The van der Waals surface area contributed by atoms with Gasteiger partial charge < -0.3 is 15.7 Å². The number of Topliss-reactive ketones (excluding diaryl/α,β-unsaturated/α-hetero) is 1. The molecule has 4 rings (SSSR count). The Kier molecular flexibility index (Phi) is 9.97. The third-order valence-electron chi connectivity index (χ3n) is 7.60. The molecule has 3 N–H and O–H groups in total. The molecule has 1 heterocycles. The van der Waals surface area contributed by atoms with Crippen LogP contribution < -0.4 is 15.5 Å². The number of fused-ring (bicyclic) bond motifs is 1. The predicted molar refractivity (Wildman–Crippen MR) is 168 cm³/mol. The number of nitrogens with zero attached hydrogens (tertiary/aromatic N) is 3. The molecular formula is C33H39N5O6. The number of ketones is 1. The lowest BCUT2D eigenvalue weighted by Crippen LogP contribution is -2.47. The maximum absolute atomic E-state index is 14.0. The first kappa shape index (κ1) is 32.1. The molecule has 11 nitrogen and oxygen atoms in total. The molecule has 1 fully saturated rings. The highest BCUT2D eigenvalue weighted by molar-refractivity contribution is 6.13. The summed E-state index contributed by atoms with van der Waals surface area (Å²) in [5.74, 6) is -2.39. The Balaban J connectivity index is 1.65. The lowest BCUT2D eigenvalue weighted by Gasteiger charge is -2.28. The van der Waals surface area contributed by atoms with Gasteiger partial charge in [-0.05, 0) is 42.7 Å². The molecule has 44 heavy (non-hydrogen) atoms. The van der Waals surface area contributed by atoms with Crippen LogP contribution in [0.1, 0.15) is 70.9 Å². The van der Waals surface area contributed by atoms with E-state index in [9.17, 15) is 29.1 Å². The van der Waals surface area contributed by atoms with E-state index >= 15 is 0 Å². The summed E-state index contributed by atoms with van der Waals surface area (Å²) in [6.45, 7) is 6.04. The second-order valence-electron chi connectivity index (χ2n) is 12.2. The molecule has 0 aromatic heterocycles. The van der Waals surface area contributed by atoms with Crippen LogP contribution in [0.2, 0.25) is 0 Å². The number of carboxylic acid groups (broad SMARTS) is 1. The predicted octanol–water partition coefficient (Wildman–Crippen LogP) is 5.03. The van der Waals surface area contributed by atoms with Crippen LogP contribution in [0.3, 0.4) is 0 Å². The summed E-state index contributed by atoms with van der Waals surface area (Å²) in [5.41, 5.74) is 1.90. The normalized spacial score (nSPS) is 16.0. The first-order chi connectivity index (χ1) is 20.8. The van der Waals surface area contributed by atoms with Crippen LogP contribution >= 0.6 is 0 Å². The molecule has 232 valence electrons. The van der Waals surface area contributed by atoms with Crippen molar-refractivity contribution in [2.24, 2.45) is 16.4 Å². The van der Waals surface area contributed by atoms with Crippen LogP contribution in [0.15, 0.2) is 59.3 Å². The second-order valence-corrected chi connectivity index (χ2v) is 12.2. The third kappa shape index (κ3) is 7.97. The Morgan fingerprint density at radius 2 is 1.70 bits per heavy atom. The maximum Gasteiger partial charge on any atom is 0.352 e. The first-order valence-corrected chi connectivity index (χ1v) is 14.8. The Bertz CT molecular complexity index is 1520. The van der Waals surface area contributed by atoms with Crippen molar-refractivity contribution >= 4 is 52.8 Å². The number of carbonyl (C=O) groups excluding carboxylic acids is 4. The number of aliphatic carboxylic acids is 1. The van der Waals surface area contributed by atoms with E-state index in [4.69, 9.17) is 5.10 Å². The number of hydrazone groups is 1.